The molecule has 0 fully saturated rings. The Morgan fingerprint density at radius 3 is 1.88 bits per heavy atom. The van der Waals surface area contributed by atoms with Crippen molar-refractivity contribution < 1.29 is 19.1 Å². The predicted molar refractivity (Wildman–Crippen MR) is 65.4 cm³/mol. The molecule has 0 aliphatic heterocycles. The summed E-state index contributed by atoms with van der Waals surface area (Å²) in [6.07, 6.45) is 0.526. The van der Waals surface area contributed by atoms with Gasteiger partial charge >= 0.3 is 11.9 Å². The second-order valence-corrected chi connectivity index (χ2v) is 3.85. The standard InChI is InChI=1S/C13H22O4/c1-6-10(12(14)16-7-2)11(9(4)5)13(15)17-8-3/h10H,6-8H2,1-5H3. The molecule has 0 aromatic rings. The van der Waals surface area contributed by atoms with Crippen LogP contribution >= 0.6 is 0 Å². The Kier molecular flexibility index (Phi) is 7.26. The van der Waals surface area contributed by atoms with Gasteiger partial charge in [0, 0.05) is 5.57 Å². The van der Waals surface area contributed by atoms with Gasteiger partial charge in [-0.15, -0.1) is 0 Å². The van der Waals surface area contributed by atoms with Crippen LogP contribution in [0.25, 0.3) is 0 Å². The lowest BCUT2D eigenvalue weighted by molar-refractivity contribution is -0.150. The van der Waals surface area contributed by atoms with Gasteiger partial charge in [0.25, 0.3) is 0 Å². The molecule has 4 heteroatoms. The van der Waals surface area contributed by atoms with Gasteiger partial charge in [0.05, 0.1) is 19.1 Å². The van der Waals surface area contributed by atoms with Crippen LogP contribution in [0.5, 0.6) is 0 Å². The first kappa shape index (κ1) is 15.7. The van der Waals surface area contributed by atoms with Gasteiger partial charge in [-0.3, -0.25) is 4.79 Å². The lowest BCUT2D eigenvalue weighted by Gasteiger charge is -2.17. The Bertz CT molecular complexity index is 301. The maximum absolute atomic E-state index is 11.8. The minimum absolute atomic E-state index is 0.300. The Labute approximate surface area is 103 Å². The molecule has 17 heavy (non-hydrogen) atoms. The maximum atomic E-state index is 11.8. The van der Waals surface area contributed by atoms with Crippen LogP contribution in [0.3, 0.4) is 0 Å². The van der Waals surface area contributed by atoms with Crippen LogP contribution in [0.1, 0.15) is 41.0 Å². The number of hydrogen-bond donors (Lipinski definition) is 0. The molecule has 1 unspecified atom stereocenters. The van der Waals surface area contributed by atoms with Crippen molar-refractivity contribution in [2.45, 2.75) is 41.0 Å². The zero-order chi connectivity index (χ0) is 13.4. The summed E-state index contributed by atoms with van der Waals surface area (Å²) < 4.78 is 9.95. The normalized spacial score (nSPS) is 11.6. The van der Waals surface area contributed by atoms with Crippen LogP contribution in [0.2, 0.25) is 0 Å². The topological polar surface area (TPSA) is 52.6 Å². The van der Waals surface area contributed by atoms with Gasteiger partial charge in [-0.1, -0.05) is 12.5 Å². The fourth-order valence-corrected chi connectivity index (χ4v) is 1.64. The van der Waals surface area contributed by atoms with E-state index in [0.717, 1.165) is 5.57 Å². The molecule has 0 bridgehead atoms. The van der Waals surface area contributed by atoms with Crippen molar-refractivity contribution in [2.24, 2.45) is 5.92 Å². The van der Waals surface area contributed by atoms with Gasteiger partial charge in [0.2, 0.25) is 0 Å². The molecule has 0 spiro atoms. The second-order valence-electron chi connectivity index (χ2n) is 3.85. The average molecular weight is 242 g/mol. The number of carbonyl (C=O) groups excluding carboxylic acids is 2. The molecule has 0 saturated heterocycles. The van der Waals surface area contributed by atoms with Gasteiger partial charge in [0.1, 0.15) is 0 Å². The van der Waals surface area contributed by atoms with Crippen LogP contribution in [-0.4, -0.2) is 25.2 Å². The number of hydrogen-bond acceptors (Lipinski definition) is 4. The smallest absolute Gasteiger partial charge is 0.334 e. The van der Waals surface area contributed by atoms with E-state index in [1.165, 1.54) is 0 Å². The monoisotopic (exact) mass is 242 g/mol. The van der Waals surface area contributed by atoms with Gasteiger partial charge in [-0.05, 0) is 34.1 Å². The number of carbonyl (C=O) groups is 2. The Morgan fingerprint density at radius 1 is 1.00 bits per heavy atom. The minimum Gasteiger partial charge on any atom is -0.466 e. The van der Waals surface area contributed by atoms with Crippen LogP contribution in [-0.2, 0) is 19.1 Å². The van der Waals surface area contributed by atoms with Gasteiger partial charge in [0.15, 0.2) is 0 Å². The van der Waals surface area contributed by atoms with E-state index < -0.39 is 11.9 Å². The van der Waals surface area contributed by atoms with E-state index in [4.69, 9.17) is 9.47 Å². The summed E-state index contributed by atoms with van der Waals surface area (Å²) in [6.45, 7) is 9.55. The van der Waals surface area contributed by atoms with Crippen molar-refractivity contribution in [3.63, 3.8) is 0 Å². The molecule has 1 atom stereocenters. The summed E-state index contributed by atoms with van der Waals surface area (Å²) >= 11 is 0. The molecule has 4 nitrogen and oxygen atoms in total. The molecule has 98 valence electrons. The largest absolute Gasteiger partial charge is 0.466 e. The predicted octanol–water partition coefficient (Wildman–Crippen LogP) is 2.48. The Hall–Kier alpha value is -1.32. The van der Waals surface area contributed by atoms with E-state index in [1.807, 2.05) is 6.92 Å². The summed E-state index contributed by atoms with van der Waals surface area (Å²) in [5, 5.41) is 0. The summed E-state index contributed by atoms with van der Waals surface area (Å²) in [5.41, 5.74) is 1.22. The molecule has 0 aromatic carbocycles. The molecular formula is C13H22O4. The second kappa shape index (κ2) is 7.87. The number of ether oxygens (including phenoxy) is 2. The van der Waals surface area contributed by atoms with E-state index in [2.05, 4.69) is 0 Å². The fraction of sp³-hybridized carbons (Fsp3) is 0.692. The average Bonchev–Trinajstić information content (AvgIpc) is 2.25. The molecule has 0 aliphatic carbocycles. The zero-order valence-corrected chi connectivity index (χ0v) is 11.3. The molecule has 0 saturated carbocycles. The highest BCUT2D eigenvalue weighted by Crippen LogP contribution is 2.22. The molecular weight excluding hydrogens is 220 g/mol. The third-order valence-corrected chi connectivity index (χ3v) is 2.36. The molecule has 0 radical (unpaired) electrons. The minimum atomic E-state index is -0.529. The molecule has 0 aliphatic rings. The highest BCUT2D eigenvalue weighted by atomic mass is 16.5. The Morgan fingerprint density at radius 2 is 1.53 bits per heavy atom. The highest BCUT2D eigenvalue weighted by molar-refractivity contribution is 5.96. The summed E-state index contributed by atoms with van der Waals surface area (Å²) in [6, 6.07) is 0. The van der Waals surface area contributed by atoms with Gasteiger partial charge in [-0.2, -0.15) is 0 Å². The van der Waals surface area contributed by atoms with Crippen LogP contribution in [0.15, 0.2) is 11.1 Å². The lowest BCUT2D eigenvalue weighted by atomic mass is 9.93. The highest BCUT2D eigenvalue weighted by Gasteiger charge is 2.29. The first-order valence-corrected chi connectivity index (χ1v) is 6.00. The zero-order valence-electron chi connectivity index (χ0n) is 11.3. The first-order chi connectivity index (χ1) is 7.99. The fourth-order valence-electron chi connectivity index (χ4n) is 1.64. The van der Waals surface area contributed by atoms with Crippen molar-refractivity contribution in [1.29, 1.82) is 0 Å². The van der Waals surface area contributed by atoms with Crippen LogP contribution in [0.4, 0.5) is 0 Å². The SMILES string of the molecule is CCOC(=O)C(=C(C)C)C(CC)C(=O)OCC. The molecule has 0 amide bonds. The van der Waals surface area contributed by atoms with Crippen molar-refractivity contribution in [1.82, 2.24) is 0 Å². The van der Waals surface area contributed by atoms with Crippen molar-refractivity contribution >= 4 is 11.9 Å². The van der Waals surface area contributed by atoms with Crippen molar-refractivity contribution in [3.8, 4) is 0 Å². The molecule has 0 rings (SSSR count). The van der Waals surface area contributed by atoms with E-state index >= 15 is 0 Å². The molecule has 0 heterocycles. The third kappa shape index (κ3) is 4.59. The van der Waals surface area contributed by atoms with Crippen LogP contribution in [0, 0.1) is 5.92 Å². The summed E-state index contributed by atoms with van der Waals surface area (Å²) in [7, 11) is 0. The van der Waals surface area contributed by atoms with E-state index in [-0.39, 0.29) is 5.97 Å². The van der Waals surface area contributed by atoms with Gasteiger partial charge < -0.3 is 9.47 Å². The quantitative estimate of drug-likeness (QED) is 0.530. The first-order valence-electron chi connectivity index (χ1n) is 6.00. The number of esters is 2. The van der Waals surface area contributed by atoms with E-state index in [9.17, 15) is 9.59 Å². The van der Waals surface area contributed by atoms with E-state index in [1.54, 1.807) is 27.7 Å². The third-order valence-electron chi connectivity index (χ3n) is 2.36. The van der Waals surface area contributed by atoms with Crippen LogP contribution < -0.4 is 0 Å². The molecule has 0 aromatic heterocycles. The lowest BCUT2D eigenvalue weighted by Crippen LogP contribution is -2.25. The number of rotatable bonds is 6. The summed E-state index contributed by atoms with van der Waals surface area (Å²) in [5.74, 6) is -1.31. The number of allylic oxidation sites excluding steroid dienone is 1. The van der Waals surface area contributed by atoms with Gasteiger partial charge in [-0.25, -0.2) is 4.79 Å². The van der Waals surface area contributed by atoms with E-state index in [0.29, 0.717) is 25.2 Å². The molecule has 0 N–H and O–H groups in total. The summed E-state index contributed by atoms with van der Waals surface area (Å²) in [4.78, 5) is 23.6. The van der Waals surface area contributed by atoms with Crippen molar-refractivity contribution in [2.75, 3.05) is 13.2 Å². The maximum Gasteiger partial charge on any atom is 0.334 e. The Balaban J connectivity index is 5.10. The van der Waals surface area contributed by atoms with Crippen molar-refractivity contribution in [3.05, 3.63) is 11.1 Å².